The lowest BCUT2D eigenvalue weighted by Gasteiger charge is -2.29. The van der Waals surface area contributed by atoms with Gasteiger partial charge in [-0.1, -0.05) is 6.58 Å². The van der Waals surface area contributed by atoms with Gasteiger partial charge < -0.3 is 19.5 Å². The Morgan fingerprint density at radius 2 is 1.68 bits per heavy atom. The average molecular weight is 355 g/mol. The largest absolute Gasteiger partial charge is 0.469 e. The molecule has 0 aliphatic carbocycles. The number of methoxy groups -OCH3 is 1. The van der Waals surface area contributed by atoms with Crippen LogP contribution >= 0.6 is 0 Å². The van der Waals surface area contributed by atoms with Crippen LogP contribution in [0.4, 0.5) is 0 Å². The number of allylic oxidation sites excluding steroid dienone is 1. The summed E-state index contributed by atoms with van der Waals surface area (Å²) < 4.78 is 14.3. The molecular formula is C17H25NO7. The van der Waals surface area contributed by atoms with Crippen molar-refractivity contribution in [3.63, 3.8) is 0 Å². The summed E-state index contributed by atoms with van der Waals surface area (Å²) in [6.07, 6.45) is 1.78. The third-order valence-electron chi connectivity index (χ3n) is 3.18. The molecule has 0 radical (unpaired) electrons. The predicted molar refractivity (Wildman–Crippen MR) is 88.3 cm³/mol. The van der Waals surface area contributed by atoms with E-state index in [9.17, 15) is 19.2 Å². The molecule has 1 N–H and O–H groups in total. The molecular weight excluding hydrogens is 330 g/mol. The molecule has 8 nitrogen and oxygen atoms in total. The molecule has 0 saturated heterocycles. The van der Waals surface area contributed by atoms with Gasteiger partial charge in [0.2, 0.25) is 11.4 Å². The normalized spacial score (nSPS) is 10.2. The number of esters is 3. The van der Waals surface area contributed by atoms with Gasteiger partial charge in [0.25, 0.3) is 0 Å². The molecule has 0 aliphatic heterocycles. The summed E-state index contributed by atoms with van der Waals surface area (Å²) in [7, 11) is 1.13. The van der Waals surface area contributed by atoms with Crippen molar-refractivity contribution >= 4 is 23.8 Å². The number of hydrogen-bond acceptors (Lipinski definition) is 7. The molecule has 0 atom stereocenters. The van der Waals surface area contributed by atoms with Gasteiger partial charge in [0, 0.05) is 0 Å². The van der Waals surface area contributed by atoms with Gasteiger partial charge in [0.1, 0.15) is 6.42 Å². The van der Waals surface area contributed by atoms with Crippen molar-refractivity contribution < 1.29 is 33.4 Å². The minimum absolute atomic E-state index is 0.0133. The summed E-state index contributed by atoms with van der Waals surface area (Å²) in [4.78, 5) is 48.2. The molecule has 0 heterocycles. The van der Waals surface area contributed by atoms with Gasteiger partial charge in [-0.2, -0.15) is 0 Å². The van der Waals surface area contributed by atoms with Crippen molar-refractivity contribution in [2.75, 3.05) is 20.3 Å². The number of rotatable bonds is 11. The second-order valence-electron chi connectivity index (χ2n) is 4.95. The van der Waals surface area contributed by atoms with E-state index in [0.29, 0.717) is 12.8 Å². The molecule has 25 heavy (non-hydrogen) atoms. The zero-order valence-electron chi connectivity index (χ0n) is 14.9. The van der Waals surface area contributed by atoms with Gasteiger partial charge in [0.05, 0.1) is 20.3 Å². The lowest BCUT2D eigenvalue weighted by molar-refractivity contribution is -0.169. The quantitative estimate of drug-likeness (QED) is 0.194. The molecule has 8 heteroatoms. The van der Waals surface area contributed by atoms with Gasteiger partial charge in [-0.15, -0.1) is 5.73 Å². The van der Waals surface area contributed by atoms with Crippen molar-refractivity contribution in [2.45, 2.75) is 45.1 Å². The van der Waals surface area contributed by atoms with Crippen LogP contribution in [0.3, 0.4) is 0 Å². The number of hydrogen-bond donors (Lipinski definition) is 1. The van der Waals surface area contributed by atoms with Gasteiger partial charge >= 0.3 is 17.9 Å². The monoisotopic (exact) mass is 355 g/mol. The van der Waals surface area contributed by atoms with Gasteiger partial charge in [-0.25, -0.2) is 9.59 Å². The van der Waals surface area contributed by atoms with Crippen molar-refractivity contribution in [2.24, 2.45) is 0 Å². The molecule has 0 aliphatic rings. The smallest absolute Gasteiger partial charge is 0.343 e. The zero-order chi connectivity index (χ0) is 19.3. The van der Waals surface area contributed by atoms with E-state index in [0.717, 1.165) is 7.11 Å². The fourth-order valence-electron chi connectivity index (χ4n) is 2.02. The van der Waals surface area contributed by atoms with Crippen LogP contribution in [0.1, 0.15) is 39.5 Å². The number of ether oxygens (including phenoxy) is 3. The summed E-state index contributed by atoms with van der Waals surface area (Å²) >= 11 is 0. The van der Waals surface area contributed by atoms with E-state index < -0.39 is 35.8 Å². The first-order chi connectivity index (χ1) is 11.9. The molecule has 1 amide bonds. The van der Waals surface area contributed by atoms with Gasteiger partial charge in [0.15, 0.2) is 0 Å². The van der Waals surface area contributed by atoms with E-state index in [1.54, 1.807) is 19.9 Å². The Kier molecular flexibility index (Phi) is 10.6. The maximum Gasteiger partial charge on any atom is 0.343 e. The Morgan fingerprint density at radius 1 is 1.12 bits per heavy atom. The fraction of sp³-hybridized carbons (Fsp3) is 0.588. The van der Waals surface area contributed by atoms with Crippen LogP contribution < -0.4 is 5.32 Å². The molecule has 0 aromatic rings. The minimum atomic E-state index is -2.02. The molecule has 0 aromatic heterocycles. The topological polar surface area (TPSA) is 108 Å². The number of unbranched alkanes of at least 4 members (excludes halogenated alkanes) is 1. The van der Waals surface area contributed by atoms with E-state index in [2.05, 4.69) is 22.4 Å². The van der Waals surface area contributed by atoms with Crippen LogP contribution in [-0.2, 0) is 33.4 Å². The SMILES string of the molecule is C=C=CCCCC(NC(=O)CC(=O)OC)(C(=O)OCC)C(=O)OCC. The highest BCUT2D eigenvalue weighted by molar-refractivity contribution is 6.09. The van der Waals surface area contributed by atoms with Crippen LogP contribution in [0.25, 0.3) is 0 Å². The highest BCUT2D eigenvalue weighted by Crippen LogP contribution is 2.20. The predicted octanol–water partition coefficient (Wildman–Crippen LogP) is 1.04. The maximum absolute atomic E-state index is 12.4. The molecule has 0 rings (SSSR count). The molecule has 140 valence electrons. The number of nitrogens with one attached hydrogen (secondary N) is 1. The summed E-state index contributed by atoms with van der Waals surface area (Å²) in [6.45, 7) is 6.60. The molecule has 0 bridgehead atoms. The van der Waals surface area contributed by atoms with Crippen LogP contribution in [0.2, 0.25) is 0 Å². The van der Waals surface area contributed by atoms with Gasteiger partial charge in [-0.05, 0) is 39.2 Å². The van der Waals surface area contributed by atoms with Crippen LogP contribution in [-0.4, -0.2) is 49.7 Å². The third-order valence-corrected chi connectivity index (χ3v) is 3.18. The zero-order valence-corrected chi connectivity index (χ0v) is 14.9. The van der Waals surface area contributed by atoms with E-state index >= 15 is 0 Å². The molecule has 0 fully saturated rings. The Morgan fingerprint density at radius 3 is 2.12 bits per heavy atom. The maximum atomic E-state index is 12.4. The van der Waals surface area contributed by atoms with Crippen molar-refractivity contribution in [1.82, 2.24) is 5.32 Å². The number of carbonyl (C=O) groups is 4. The van der Waals surface area contributed by atoms with E-state index in [1.807, 2.05) is 0 Å². The summed E-state index contributed by atoms with van der Waals surface area (Å²) in [5.74, 6) is -3.51. The first-order valence-electron chi connectivity index (χ1n) is 7.94. The summed E-state index contributed by atoms with van der Waals surface area (Å²) in [5.41, 5.74) is 0.560. The third kappa shape index (κ3) is 7.22. The first kappa shape index (κ1) is 22.4. The molecule has 0 saturated carbocycles. The number of carbonyl (C=O) groups excluding carboxylic acids is 4. The molecule has 0 spiro atoms. The average Bonchev–Trinajstić information content (AvgIpc) is 2.57. The van der Waals surface area contributed by atoms with E-state index in [4.69, 9.17) is 9.47 Å². The second kappa shape index (κ2) is 11.9. The molecule has 0 aromatic carbocycles. The lowest BCUT2D eigenvalue weighted by atomic mass is 9.91. The summed E-state index contributed by atoms with van der Waals surface area (Å²) in [5, 5.41) is 2.30. The standard InChI is InChI=1S/C17H25NO7/c1-5-8-9-10-11-17(15(21)24-6-2,16(22)25-7-3)18-13(19)12-14(20)23-4/h8H,1,6-7,9-12H2,2-4H3,(H,18,19). The van der Waals surface area contributed by atoms with Gasteiger partial charge in [-0.3, -0.25) is 9.59 Å². The van der Waals surface area contributed by atoms with Crippen LogP contribution in [0.5, 0.6) is 0 Å². The van der Waals surface area contributed by atoms with Crippen molar-refractivity contribution in [3.8, 4) is 0 Å². The Labute approximate surface area is 147 Å². The first-order valence-corrected chi connectivity index (χ1v) is 7.94. The summed E-state index contributed by atoms with van der Waals surface area (Å²) in [6, 6.07) is 0. The Bertz CT molecular complexity index is 517. The minimum Gasteiger partial charge on any atom is -0.469 e. The fourth-order valence-corrected chi connectivity index (χ4v) is 2.02. The molecule has 0 unspecified atom stereocenters. The van der Waals surface area contributed by atoms with E-state index in [-0.39, 0.29) is 19.6 Å². The Balaban J connectivity index is 5.58. The highest BCUT2D eigenvalue weighted by atomic mass is 16.6. The Hall–Kier alpha value is -2.60. The van der Waals surface area contributed by atoms with Crippen LogP contribution in [0.15, 0.2) is 18.4 Å². The van der Waals surface area contributed by atoms with E-state index in [1.165, 1.54) is 0 Å². The van der Waals surface area contributed by atoms with Crippen molar-refractivity contribution in [3.05, 3.63) is 18.4 Å². The van der Waals surface area contributed by atoms with Crippen molar-refractivity contribution in [1.29, 1.82) is 0 Å². The second-order valence-corrected chi connectivity index (χ2v) is 4.95. The highest BCUT2D eigenvalue weighted by Gasteiger charge is 2.50. The van der Waals surface area contributed by atoms with Crippen LogP contribution in [0, 0.1) is 0 Å². The number of amides is 1. The lowest BCUT2D eigenvalue weighted by Crippen LogP contribution is -2.61.